The number of hydrogen-bond acceptors (Lipinski definition) is 6. The number of thioether (sulfide) groups is 1. The van der Waals surface area contributed by atoms with E-state index in [0.29, 0.717) is 5.16 Å². The number of rotatable bonds is 5. The number of amides is 2. The van der Waals surface area contributed by atoms with Crippen molar-refractivity contribution in [3.63, 3.8) is 0 Å². The van der Waals surface area contributed by atoms with Crippen molar-refractivity contribution in [2.24, 2.45) is 0 Å². The minimum atomic E-state index is -0.524. The van der Waals surface area contributed by atoms with E-state index in [4.69, 9.17) is 9.40 Å². The Morgan fingerprint density at radius 3 is 2.63 bits per heavy atom. The first-order valence-electron chi connectivity index (χ1n) is 9.21. The molecule has 0 spiro atoms. The molecule has 1 aromatic carbocycles. The van der Waals surface area contributed by atoms with Crippen molar-refractivity contribution in [3.8, 4) is 11.3 Å². The summed E-state index contributed by atoms with van der Waals surface area (Å²) >= 11 is 1.24. The zero-order chi connectivity index (χ0) is 21.1. The van der Waals surface area contributed by atoms with E-state index in [9.17, 15) is 9.59 Å². The van der Waals surface area contributed by atoms with E-state index in [0.717, 1.165) is 28.0 Å². The second-order valence-corrected chi connectivity index (χ2v) is 7.55. The van der Waals surface area contributed by atoms with Crippen molar-refractivity contribution < 1.29 is 14.0 Å². The smallest absolute Gasteiger partial charge is 0.305 e. The zero-order valence-electron chi connectivity index (χ0n) is 16.4. The Hall–Kier alpha value is -3.59. The molecule has 0 aliphatic rings. The van der Waals surface area contributed by atoms with Gasteiger partial charge >= 0.3 is 5.91 Å². The van der Waals surface area contributed by atoms with Gasteiger partial charge in [0.05, 0.1) is 28.9 Å². The van der Waals surface area contributed by atoms with Crippen LogP contribution in [-0.4, -0.2) is 32.2 Å². The first-order valence-corrected chi connectivity index (χ1v) is 10.2. The lowest BCUT2D eigenvalue weighted by Gasteiger charge is -2.06. The molecule has 30 heavy (non-hydrogen) atoms. The molecule has 3 aromatic heterocycles. The van der Waals surface area contributed by atoms with E-state index in [1.165, 1.54) is 24.1 Å². The highest BCUT2D eigenvalue weighted by molar-refractivity contribution is 7.99. The summed E-state index contributed by atoms with van der Waals surface area (Å²) in [5.41, 5.74) is 9.30. The van der Waals surface area contributed by atoms with Crippen LogP contribution < -0.4 is 10.9 Å². The molecule has 2 N–H and O–H groups in total. The van der Waals surface area contributed by atoms with Crippen LogP contribution in [0.2, 0.25) is 0 Å². The molecule has 0 unspecified atom stereocenters. The Kier molecular flexibility index (Phi) is 5.53. The van der Waals surface area contributed by atoms with Gasteiger partial charge in [0.15, 0.2) is 10.9 Å². The average Bonchev–Trinajstić information content (AvgIpc) is 3.39. The highest BCUT2D eigenvalue weighted by atomic mass is 32.2. The van der Waals surface area contributed by atoms with E-state index in [2.05, 4.69) is 16.0 Å². The first kappa shape index (κ1) is 19.7. The maximum atomic E-state index is 12.2. The van der Waals surface area contributed by atoms with Gasteiger partial charge < -0.3 is 4.42 Å². The fraction of sp³-hybridized carbons (Fsp3) is 0.143. The summed E-state index contributed by atoms with van der Waals surface area (Å²) in [6.45, 7) is 3.93. The molecule has 4 rings (SSSR count). The first-order chi connectivity index (χ1) is 14.5. The summed E-state index contributed by atoms with van der Waals surface area (Å²) in [6.07, 6.45) is 1.39. The number of nitrogens with one attached hydrogen (secondary N) is 2. The number of aryl methyl sites for hydroxylation is 2. The number of imidazole rings is 1. The lowest BCUT2D eigenvalue weighted by Crippen LogP contribution is -2.42. The number of furan rings is 1. The third-order valence-electron chi connectivity index (χ3n) is 4.32. The molecule has 0 aliphatic carbocycles. The van der Waals surface area contributed by atoms with Gasteiger partial charge in [0.1, 0.15) is 0 Å². The maximum absolute atomic E-state index is 12.2. The second kappa shape index (κ2) is 8.42. The number of aromatic nitrogens is 3. The predicted octanol–water partition coefficient (Wildman–Crippen LogP) is 3.16. The van der Waals surface area contributed by atoms with Gasteiger partial charge in [-0.15, -0.1) is 0 Å². The standard InChI is InChI=1S/C21H19N5O3S/c1-13-11-14(2)25-26-19(13)18(15-7-4-3-5-8-15)22-21(26)30-12-17(27)23-24-20(28)16-9-6-10-29-16/h3-11H,12H2,1-2H3,(H,23,27)(H,24,28). The third kappa shape index (κ3) is 4.06. The van der Waals surface area contributed by atoms with Crippen LogP contribution in [-0.2, 0) is 4.79 Å². The zero-order valence-corrected chi connectivity index (χ0v) is 17.2. The van der Waals surface area contributed by atoms with E-state index < -0.39 is 5.91 Å². The van der Waals surface area contributed by atoms with E-state index >= 15 is 0 Å². The highest BCUT2D eigenvalue weighted by Gasteiger charge is 2.18. The monoisotopic (exact) mass is 421 g/mol. The number of benzene rings is 1. The molecule has 0 fully saturated rings. The molecule has 0 aliphatic heterocycles. The summed E-state index contributed by atoms with van der Waals surface area (Å²) in [5.74, 6) is -0.725. The SMILES string of the molecule is Cc1cc(C)c2c(-c3ccccc3)nc(SCC(=O)NNC(=O)c3ccco3)n2n1. The quantitative estimate of drug-likeness (QED) is 0.379. The Morgan fingerprint density at radius 1 is 1.10 bits per heavy atom. The molecule has 152 valence electrons. The molecule has 0 saturated carbocycles. The minimum Gasteiger partial charge on any atom is -0.459 e. The minimum absolute atomic E-state index is 0.0560. The summed E-state index contributed by atoms with van der Waals surface area (Å²) in [4.78, 5) is 28.8. The average molecular weight is 421 g/mol. The Labute approximate surface area is 176 Å². The topological polar surface area (TPSA) is 102 Å². The van der Waals surface area contributed by atoms with Crippen molar-refractivity contribution in [2.75, 3.05) is 5.75 Å². The summed E-state index contributed by atoms with van der Waals surface area (Å²) in [7, 11) is 0. The summed E-state index contributed by atoms with van der Waals surface area (Å²) in [5, 5.41) is 5.19. The molecular weight excluding hydrogens is 402 g/mol. The second-order valence-electron chi connectivity index (χ2n) is 6.61. The van der Waals surface area contributed by atoms with Crippen LogP contribution in [0.5, 0.6) is 0 Å². The molecule has 0 atom stereocenters. The molecule has 2 amide bonds. The molecule has 9 heteroatoms. The van der Waals surface area contributed by atoms with Crippen LogP contribution >= 0.6 is 11.8 Å². The van der Waals surface area contributed by atoms with Crippen molar-refractivity contribution in [1.29, 1.82) is 0 Å². The number of nitrogens with zero attached hydrogens (tertiary/aromatic N) is 3. The number of hydrazine groups is 1. The molecule has 0 bridgehead atoms. The van der Waals surface area contributed by atoms with Gasteiger partial charge in [-0.25, -0.2) is 9.50 Å². The number of fused-ring (bicyclic) bond motifs is 1. The van der Waals surface area contributed by atoms with Crippen LogP contribution in [0.4, 0.5) is 0 Å². The molecule has 4 aromatic rings. The molecule has 0 radical (unpaired) electrons. The largest absolute Gasteiger partial charge is 0.459 e. The van der Waals surface area contributed by atoms with Gasteiger partial charge in [0, 0.05) is 5.56 Å². The van der Waals surface area contributed by atoms with Gasteiger partial charge in [-0.1, -0.05) is 42.1 Å². The van der Waals surface area contributed by atoms with Crippen LogP contribution in [0, 0.1) is 13.8 Å². The fourth-order valence-corrected chi connectivity index (χ4v) is 3.80. The maximum Gasteiger partial charge on any atom is 0.305 e. The number of carbonyl (C=O) groups is 2. The van der Waals surface area contributed by atoms with Gasteiger partial charge in [-0.3, -0.25) is 20.4 Å². The van der Waals surface area contributed by atoms with Crippen molar-refractivity contribution in [1.82, 2.24) is 25.4 Å². The lowest BCUT2D eigenvalue weighted by atomic mass is 10.1. The number of carbonyl (C=O) groups excluding carboxylic acids is 2. The van der Waals surface area contributed by atoms with Gasteiger partial charge in [-0.05, 0) is 37.6 Å². The molecular formula is C21H19N5O3S. The Bertz CT molecular complexity index is 1200. The van der Waals surface area contributed by atoms with Crippen molar-refractivity contribution >= 4 is 29.1 Å². The van der Waals surface area contributed by atoms with Crippen LogP contribution in [0.1, 0.15) is 21.8 Å². The van der Waals surface area contributed by atoms with E-state index in [1.807, 2.05) is 50.2 Å². The summed E-state index contributed by atoms with van der Waals surface area (Å²) in [6, 6.07) is 15.0. The molecule has 0 saturated heterocycles. The van der Waals surface area contributed by atoms with Crippen molar-refractivity contribution in [3.05, 3.63) is 71.8 Å². The van der Waals surface area contributed by atoms with E-state index in [1.54, 1.807) is 10.6 Å². The lowest BCUT2D eigenvalue weighted by molar-refractivity contribution is -0.119. The van der Waals surface area contributed by atoms with Gasteiger partial charge in [0.25, 0.3) is 0 Å². The van der Waals surface area contributed by atoms with Crippen molar-refractivity contribution in [2.45, 2.75) is 19.0 Å². The Balaban J connectivity index is 1.53. The fourth-order valence-electron chi connectivity index (χ4n) is 3.06. The van der Waals surface area contributed by atoms with Crippen LogP contribution in [0.15, 0.2) is 64.4 Å². The van der Waals surface area contributed by atoms with Gasteiger partial charge in [0.2, 0.25) is 5.91 Å². The van der Waals surface area contributed by atoms with Crippen LogP contribution in [0.25, 0.3) is 16.8 Å². The van der Waals surface area contributed by atoms with Crippen LogP contribution in [0.3, 0.4) is 0 Å². The molecule has 8 nitrogen and oxygen atoms in total. The summed E-state index contributed by atoms with van der Waals surface area (Å²) < 4.78 is 6.75. The Morgan fingerprint density at radius 2 is 1.90 bits per heavy atom. The number of hydrogen-bond donors (Lipinski definition) is 2. The third-order valence-corrected chi connectivity index (χ3v) is 5.25. The predicted molar refractivity (Wildman–Crippen MR) is 113 cm³/mol. The molecule has 3 heterocycles. The van der Waals surface area contributed by atoms with Gasteiger partial charge in [-0.2, -0.15) is 5.10 Å². The normalized spacial score (nSPS) is 10.9. The van der Waals surface area contributed by atoms with E-state index in [-0.39, 0.29) is 17.4 Å². The highest BCUT2D eigenvalue weighted by Crippen LogP contribution is 2.30.